The van der Waals surface area contributed by atoms with E-state index in [1.165, 1.54) is 14.2 Å². The summed E-state index contributed by atoms with van der Waals surface area (Å²) in [5.41, 5.74) is 1.31. The van der Waals surface area contributed by atoms with Crippen LogP contribution in [-0.2, 0) is 9.53 Å². The van der Waals surface area contributed by atoms with E-state index in [9.17, 15) is 9.59 Å². The van der Waals surface area contributed by atoms with E-state index in [1.807, 2.05) is 31.2 Å². The largest absolute Gasteiger partial charge is 0.497 e. The zero-order valence-corrected chi connectivity index (χ0v) is 18.6. The van der Waals surface area contributed by atoms with E-state index >= 15 is 0 Å². The van der Waals surface area contributed by atoms with Gasteiger partial charge in [0, 0.05) is 18.0 Å². The number of carbonyl (C=O) groups is 2. The Morgan fingerprint density at radius 3 is 2.42 bits per heavy atom. The van der Waals surface area contributed by atoms with Crippen LogP contribution < -0.4 is 24.8 Å². The molecule has 1 heterocycles. The van der Waals surface area contributed by atoms with Gasteiger partial charge >= 0.3 is 5.97 Å². The molecule has 0 fully saturated rings. The van der Waals surface area contributed by atoms with Gasteiger partial charge in [-0.05, 0) is 55.5 Å². The number of nitrogens with zero attached hydrogens (tertiary/aromatic N) is 1. The lowest BCUT2D eigenvalue weighted by Crippen LogP contribution is -2.21. The van der Waals surface area contributed by atoms with Crippen molar-refractivity contribution < 1.29 is 28.5 Å². The molecule has 2 N–H and O–H groups in total. The lowest BCUT2D eigenvalue weighted by Gasteiger charge is -2.13. The Labute approximate surface area is 191 Å². The van der Waals surface area contributed by atoms with E-state index < -0.39 is 18.5 Å². The normalized spacial score (nSPS) is 10.2. The van der Waals surface area contributed by atoms with E-state index in [0.717, 1.165) is 5.75 Å². The summed E-state index contributed by atoms with van der Waals surface area (Å²) in [6.45, 7) is 1.99. The molecule has 0 saturated heterocycles. The van der Waals surface area contributed by atoms with Crippen molar-refractivity contribution in [3.8, 4) is 17.2 Å². The number of amides is 1. The first-order valence-corrected chi connectivity index (χ1v) is 10.2. The van der Waals surface area contributed by atoms with Crippen LogP contribution in [0.3, 0.4) is 0 Å². The topological polar surface area (TPSA) is 108 Å². The molecular formula is C24H25N3O6. The summed E-state index contributed by atoms with van der Waals surface area (Å²) >= 11 is 0. The number of esters is 1. The van der Waals surface area contributed by atoms with Crippen molar-refractivity contribution in [2.45, 2.75) is 6.92 Å². The van der Waals surface area contributed by atoms with Crippen LogP contribution in [0.1, 0.15) is 17.3 Å². The van der Waals surface area contributed by atoms with Gasteiger partial charge in [0.1, 0.15) is 28.6 Å². The van der Waals surface area contributed by atoms with Crippen LogP contribution in [0.2, 0.25) is 0 Å². The van der Waals surface area contributed by atoms with Crippen LogP contribution >= 0.6 is 0 Å². The summed E-state index contributed by atoms with van der Waals surface area (Å²) in [5, 5.41) is 5.73. The fourth-order valence-corrected chi connectivity index (χ4v) is 2.91. The molecule has 3 aromatic rings. The molecule has 1 aromatic heterocycles. The zero-order valence-electron chi connectivity index (χ0n) is 18.6. The molecular weight excluding hydrogens is 426 g/mol. The van der Waals surface area contributed by atoms with Gasteiger partial charge in [-0.3, -0.25) is 4.79 Å². The Kier molecular flexibility index (Phi) is 8.07. The molecule has 0 aliphatic heterocycles. The summed E-state index contributed by atoms with van der Waals surface area (Å²) in [6, 6.07) is 15.4. The summed E-state index contributed by atoms with van der Waals surface area (Å²) < 4.78 is 21.0. The van der Waals surface area contributed by atoms with Crippen LogP contribution in [0.5, 0.6) is 17.2 Å². The van der Waals surface area contributed by atoms with Crippen molar-refractivity contribution in [1.29, 1.82) is 0 Å². The predicted molar refractivity (Wildman–Crippen MR) is 124 cm³/mol. The third kappa shape index (κ3) is 6.36. The van der Waals surface area contributed by atoms with Gasteiger partial charge in [0.05, 0.1) is 26.5 Å². The molecule has 2 aromatic carbocycles. The first-order chi connectivity index (χ1) is 16.0. The molecule has 3 rings (SSSR count). The Morgan fingerprint density at radius 2 is 1.73 bits per heavy atom. The maximum Gasteiger partial charge on any atom is 0.342 e. The second-order valence-electron chi connectivity index (χ2n) is 6.67. The van der Waals surface area contributed by atoms with Gasteiger partial charge in [0.25, 0.3) is 5.91 Å². The lowest BCUT2D eigenvalue weighted by molar-refractivity contribution is -0.119. The molecule has 9 heteroatoms. The monoisotopic (exact) mass is 451 g/mol. The van der Waals surface area contributed by atoms with Crippen molar-refractivity contribution >= 4 is 29.1 Å². The van der Waals surface area contributed by atoms with E-state index in [4.69, 9.17) is 18.9 Å². The number of aromatic nitrogens is 1. The van der Waals surface area contributed by atoms with Crippen LogP contribution in [0, 0.1) is 0 Å². The molecule has 0 aliphatic rings. The standard InChI is InChI=1S/C24H25N3O6/c1-4-32-17-9-7-16(8-10-17)26-23-19(6-5-13-25-23)24(29)33-15-22(28)27-20-14-18(30-2)11-12-21(20)31-3/h5-14H,4,15H2,1-3H3,(H,25,26)(H,27,28). The van der Waals surface area contributed by atoms with Crippen LogP contribution in [-0.4, -0.2) is 44.3 Å². The first kappa shape index (κ1) is 23.4. The number of ether oxygens (including phenoxy) is 4. The lowest BCUT2D eigenvalue weighted by atomic mass is 10.2. The second kappa shape index (κ2) is 11.4. The molecule has 0 atom stereocenters. The Morgan fingerprint density at radius 1 is 0.970 bits per heavy atom. The van der Waals surface area contributed by atoms with Crippen LogP contribution in [0.25, 0.3) is 0 Å². The third-order valence-electron chi connectivity index (χ3n) is 4.47. The number of benzene rings is 2. The van der Waals surface area contributed by atoms with Gasteiger partial charge in [0.15, 0.2) is 6.61 Å². The van der Waals surface area contributed by atoms with Crippen molar-refractivity contribution in [2.75, 3.05) is 38.1 Å². The quantitative estimate of drug-likeness (QED) is 0.445. The highest BCUT2D eigenvalue weighted by Crippen LogP contribution is 2.29. The van der Waals surface area contributed by atoms with Crippen molar-refractivity contribution in [2.24, 2.45) is 0 Å². The van der Waals surface area contributed by atoms with Gasteiger partial charge in [0.2, 0.25) is 0 Å². The SMILES string of the molecule is CCOc1ccc(Nc2ncccc2C(=O)OCC(=O)Nc2cc(OC)ccc2OC)cc1. The van der Waals surface area contributed by atoms with E-state index in [0.29, 0.717) is 35.3 Å². The second-order valence-corrected chi connectivity index (χ2v) is 6.67. The summed E-state index contributed by atoms with van der Waals surface area (Å²) in [7, 11) is 3.00. The minimum Gasteiger partial charge on any atom is -0.497 e. The molecule has 1 amide bonds. The number of hydrogen-bond donors (Lipinski definition) is 2. The number of rotatable bonds is 10. The molecule has 0 unspecified atom stereocenters. The van der Waals surface area contributed by atoms with E-state index in [-0.39, 0.29) is 5.56 Å². The number of methoxy groups -OCH3 is 2. The average Bonchev–Trinajstić information content (AvgIpc) is 2.84. The summed E-state index contributed by atoms with van der Waals surface area (Å²) in [4.78, 5) is 29.2. The van der Waals surface area contributed by atoms with Crippen molar-refractivity contribution in [3.05, 3.63) is 66.4 Å². The Hall–Kier alpha value is -4.27. The van der Waals surface area contributed by atoms with Crippen LogP contribution in [0.15, 0.2) is 60.8 Å². The molecule has 0 bridgehead atoms. The molecule has 0 radical (unpaired) electrons. The maximum atomic E-state index is 12.6. The van der Waals surface area contributed by atoms with Gasteiger partial charge in [-0.25, -0.2) is 9.78 Å². The molecule has 172 valence electrons. The number of nitrogens with one attached hydrogen (secondary N) is 2. The van der Waals surface area contributed by atoms with Gasteiger partial charge < -0.3 is 29.6 Å². The number of anilines is 3. The average molecular weight is 451 g/mol. The third-order valence-corrected chi connectivity index (χ3v) is 4.47. The predicted octanol–water partition coefficient (Wildman–Crippen LogP) is 4.04. The van der Waals surface area contributed by atoms with Crippen LogP contribution in [0.4, 0.5) is 17.2 Å². The Bertz CT molecular complexity index is 1100. The zero-order chi connectivity index (χ0) is 23.6. The summed E-state index contributed by atoms with van der Waals surface area (Å²) in [5.74, 6) is 0.820. The Balaban J connectivity index is 1.63. The van der Waals surface area contributed by atoms with Crippen molar-refractivity contribution in [1.82, 2.24) is 4.98 Å². The number of pyridine rings is 1. The highest BCUT2D eigenvalue weighted by atomic mass is 16.5. The van der Waals surface area contributed by atoms with E-state index in [1.54, 1.807) is 36.5 Å². The fraction of sp³-hybridized carbons (Fsp3) is 0.208. The highest BCUT2D eigenvalue weighted by molar-refractivity contribution is 5.98. The highest BCUT2D eigenvalue weighted by Gasteiger charge is 2.17. The first-order valence-electron chi connectivity index (χ1n) is 10.2. The van der Waals surface area contributed by atoms with Crippen molar-refractivity contribution in [3.63, 3.8) is 0 Å². The molecule has 33 heavy (non-hydrogen) atoms. The minimum atomic E-state index is -0.690. The smallest absolute Gasteiger partial charge is 0.342 e. The number of carbonyl (C=O) groups excluding carboxylic acids is 2. The summed E-state index contributed by atoms with van der Waals surface area (Å²) in [6.07, 6.45) is 1.55. The maximum absolute atomic E-state index is 12.6. The van der Waals surface area contributed by atoms with Gasteiger partial charge in [-0.1, -0.05) is 0 Å². The molecule has 0 saturated carbocycles. The minimum absolute atomic E-state index is 0.193. The molecule has 0 aliphatic carbocycles. The number of hydrogen-bond acceptors (Lipinski definition) is 8. The van der Waals surface area contributed by atoms with Gasteiger partial charge in [-0.2, -0.15) is 0 Å². The van der Waals surface area contributed by atoms with E-state index in [2.05, 4.69) is 15.6 Å². The molecule has 9 nitrogen and oxygen atoms in total. The van der Waals surface area contributed by atoms with Gasteiger partial charge in [-0.15, -0.1) is 0 Å². The molecule has 0 spiro atoms. The fourth-order valence-electron chi connectivity index (χ4n) is 2.91.